The molecular weight excluding hydrogens is 472 g/mol. The first-order chi connectivity index (χ1) is 16.2. The van der Waals surface area contributed by atoms with E-state index in [1.165, 1.54) is 16.1 Å². The number of aromatic nitrogens is 3. The second-order valence-electron chi connectivity index (χ2n) is 7.42. The van der Waals surface area contributed by atoms with E-state index in [-0.39, 0.29) is 10.8 Å². The number of nitrogens with one attached hydrogen (secondary N) is 1. The van der Waals surface area contributed by atoms with Crippen LogP contribution in [0.15, 0.2) is 58.6 Å². The Hall–Kier alpha value is -3.20. The topological polar surface area (TPSA) is 121 Å². The van der Waals surface area contributed by atoms with Crippen molar-refractivity contribution in [1.29, 1.82) is 5.26 Å². The van der Waals surface area contributed by atoms with E-state index in [2.05, 4.69) is 15.5 Å². The molecule has 178 valence electrons. The summed E-state index contributed by atoms with van der Waals surface area (Å²) in [5.41, 5.74) is 1.73. The summed E-state index contributed by atoms with van der Waals surface area (Å²) in [6.45, 7) is 6.13. The smallest absolute Gasteiger partial charge is 0.243 e. The van der Waals surface area contributed by atoms with Crippen molar-refractivity contribution < 1.29 is 13.2 Å². The van der Waals surface area contributed by atoms with Crippen LogP contribution in [-0.4, -0.2) is 51.7 Å². The zero-order valence-electron chi connectivity index (χ0n) is 19.4. The van der Waals surface area contributed by atoms with Crippen LogP contribution < -0.4 is 5.32 Å². The number of carbonyl (C=O) groups excluding carboxylic acids is 1. The van der Waals surface area contributed by atoms with E-state index in [4.69, 9.17) is 5.26 Å². The Balaban J connectivity index is 1.77. The number of hydrogen-bond acceptors (Lipinski definition) is 7. The van der Waals surface area contributed by atoms with Gasteiger partial charge in [0, 0.05) is 31.4 Å². The fraction of sp³-hybridized carbons (Fsp3) is 0.304. The van der Waals surface area contributed by atoms with Gasteiger partial charge in [0.1, 0.15) is 0 Å². The van der Waals surface area contributed by atoms with Crippen LogP contribution in [0.25, 0.3) is 11.4 Å². The summed E-state index contributed by atoms with van der Waals surface area (Å²) in [6, 6.07) is 15.3. The Morgan fingerprint density at radius 3 is 2.47 bits per heavy atom. The van der Waals surface area contributed by atoms with Crippen molar-refractivity contribution >= 4 is 33.4 Å². The molecule has 0 saturated heterocycles. The van der Waals surface area contributed by atoms with Crippen LogP contribution in [0.3, 0.4) is 0 Å². The van der Waals surface area contributed by atoms with E-state index in [1.54, 1.807) is 80.9 Å². The standard InChI is InChI=1S/C23H26N6O3S2/c1-5-29(6-2)34(31,32)20-9-7-8-18(14-20)21-26-27-23(28(21)4)33-16(3)22(30)25-19-12-10-17(15-24)11-13-19/h7-14,16H,5-6H2,1-4H3,(H,25,30)/t16-/m1/s1. The van der Waals surface area contributed by atoms with E-state index in [1.807, 2.05) is 6.07 Å². The monoisotopic (exact) mass is 498 g/mol. The predicted octanol–water partition coefficient (Wildman–Crippen LogP) is 3.50. The second-order valence-corrected chi connectivity index (χ2v) is 10.7. The number of benzene rings is 2. The normalized spacial score (nSPS) is 12.4. The number of rotatable bonds is 9. The van der Waals surface area contributed by atoms with Gasteiger partial charge in [0.25, 0.3) is 0 Å². The average Bonchev–Trinajstić information content (AvgIpc) is 3.20. The van der Waals surface area contributed by atoms with Crippen molar-refractivity contribution in [3.63, 3.8) is 0 Å². The Morgan fingerprint density at radius 1 is 1.18 bits per heavy atom. The Morgan fingerprint density at radius 2 is 1.85 bits per heavy atom. The molecule has 11 heteroatoms. The highest BCUT2D eigenvalue weighted by Crippen LogP contribution is 2.28. The quantitative estimate of drug-likeness (QED) is 0.448. The third-order valence-corrected chi connectivity index (χ3v) is 8.38. The van der Waals surface area contributed by atoms with Crippen LogP contribution in [0.5, 0.6) is 0 Å². The molecule has 0 aliphatic carbocycles. The van der Waals surface area contributed by atoms with Crippen molar-refractivity contribution in [2.45, 2.75) is 36.1 Å². The molecule has 34 heavy (non-hydrogen) atoms. The minimum Gasteiger partial charge on any atom is -0.325 e. The summed E-state index contributed by atoms with van der Waals surface area (Å²) in [5.74, 6) is 0.283. The van der Waals surface area contributed by atoms with Gasteiger partial charge < -0.3 is 9.88 Å². The Kier molecular flexibility index (Phi) is 8.09. The number of amides is 1. The van der Waals surface area contributed by atoms with E-state index in [9.17, 15) is 13.2 Å². The molecule has 0 saturated carbocycles. The fourth-order valence-corrected chi connectivity index (χ4v) is 5.58. The molecule has 0 aliphatic heterocycles. The number of thioether (sulfide) groups is 1. The lowest BCUT2D eigenvalue weighted by atomic mass is 10.2. The van der Waals surface area contributed by atoms with Gasteiger partial charge in [-0.15, -0.1) is 10.2 Å². The minimum atomic E-state index is -3.60. The molecular formula is C23H26N6O3S2. The molecule has 1 heterocycles. The van der Waals surface area contributed by atoms with Gasteiger partial charge in [-0.3, -0.25) is 4.79 Å². The molecule has 0 spiro atoms. The van der Waals surface area contributed by atoms with Crippen LogP contribution >= 0.6 is 11.8 Å². The van der Waals surface area contributed by atoms with Crippen LogP contribution in [0, 0.1) is 11.3 Å². The summed E-state index contributed by atoms with van der Waals surface area (Å²) in [7, 11) is -1.83. The Labute approximate surface area is 203 Å². The van der Waals surface area contributed by atoms with Gasteiger partial charge in [0.15, 0.2) is 11.0 Å². The number of anilines is 1. The largest absolute Gasteiger partial charge is 0.325 e. The maximum Gasteiger partial charge on any atom is 0.243 e. The Bertz CT molecular complexity index is 1310. The van der Waals surface area contributed by atoms with Crippen molar-refractivity contribution in [1.82, 2.24) is 19.1 Å². The summed E-state index contributed by atoms with van der Waals surface area (Å²) >= 11 is 1.24. The second kappa shape index (κ2) is 10.8. The molecule has 0 unspecified atom stereocenters. The molecule has 0 fully saturated rings. The van der Waals surface area contributed by atoms with Crippen LogP contribution in [-0.2, 0) is 21.9 Å². The highest BCUT2D eigenvalue weighted by atomic mass is 32.2. The predicted molar refractivity (Wildman–Crippen MR) is 132 cm³/mol. The summed E-state index contributed by atoms with van der Waals surface area (Å²) in [4.78, 5) is 12.8. The SMILES string of the molecule is CCN(CC)S(=O)(=O)c1cccc(-c2nnc(S[C@H](C)C(=O)Nc3ccc(C#N)cc3)n2C)c1. The molecule has 1 atom stereocenters. The lowest BCUT2D eigenvalue weighted by molar-refractivity contribution is -0.115. The van der Waals surface area contributed by atoms with Crippen LogP contribution in [0.4, 0.5) is 5.69 Å². The zero-order chi connectivity index (χ0) is 24.9. The fourth-order valence-electron chi connectivity index (χ4n) is 3.26. The van der Waals surface area contributed by atoms with Crippen molar-refractivity contribution in [2.75, 3.05) is 18.4 Å². The number of hydrogen-bond donors (Lipinski definition) is 1. The molecule has 1 amide bonds. The van der Waals surface area contributed by atoms with E-state index in [0.29, 0.717) is 40.9 Å². The zero-order valence-corrected chi connectivity index (χ0v) is 21.0. The summed E-state index contributed by atoms with van der Waals surface area (Å²) < 4.78 is 28.9. The highest BCUT2D eigenvalue weighted by molar-refractivity contribution is 8.00. The average molecular weight is 499 g/mol. The maximum atomic E-state index is 12.9. The van der Waals surface area contributed by atoms with Crippen LogP contribution in [0.2, 0.25) is 0 Å². The number of nitriles is 1. The first kappa shape index (κ1) is 25.4. The number of nitrogens with zero attached hydrogens (tertiary/aromatic N) is 5. The first-order valence-corrected chi connectivity index (χ1v) is 13.0. The molecule has 9 nitrogen and oxygen atoms in total. The molecule has 3 rings (SSSR count). The molecule has 2 aromatic carbocycles. The van der Waals surface area contributed by atoms with Gasteiger partial charge in [-0.1, -0.05) is 37.7 Å². The maximum absolute atomic E-state index is 12.9. The first-order valence-electron chi connectivity index (χ1n) is 10.7. The number of carbonyl (C=O) groups is 1. The molecule has 3 aromatic rings. The number of sulfonamides is 1. The van der Waals surface area contributed by atoms with E-state index >= 15 is 0 Å². The molecule has 0 bridgehead atoms. The summed E-state index contributed by atoms with van der Waals surface area (Å²) in [5, 5.41) is 20.2. The van der Waals surface area contributed by atoms with Gasteiger partial charge in [0.2, 0.25) is 15.9 Å². The molecule has 0 aliphatic rings. The molecule has 1 N–H and O–H groups in total. The van der Waals surface area contributed by atoms with Crippen molar-refractivity contribution in [3.05, 3.63) is 54.1 Å². The molecule has 0 radical (unpaired) electrons. The van der Waals surface area contributed by atoms with Crippen molar-refractivity contribution in [3.8, 4) is 17.5 Å². The lowest BCUT2D eigenvalue weighted by Gasteiger charge is -2.18. The van der Waals surface area contributed by atoms with Gasteiger partial charge in [0.05, 0.1) is 21.8 Å². The lowest BCUT2D eigenvalue weighted by Crippen LogP contribution is -2.30. The minimum absolute atomic E-state index is 0.195. The van der Waals surface area contributed by atoms with E-state index in [0.717, 1.165) is 0 Å². The van der Waals surface area contributed by atoms with Crippen molar-refractivity contribution in [2.24, 2.45) is 7.05 Å². The third-order valence-electron chi connectivity index (χ3n) is 5.20. The van der Waals surface area contributed by atoms with Crippen LogP contribution in [0.1, 0.15) is 26.3 Å². The summed E-state index contributed by atoms with van der Waals surface area (Å²) in [6.07, 6.45) is 0. The molecule has 1 aromatic heterocycles. The highest BCUT2D eigenvalue weighted by Gasteiger charge is 2.23. The third kappa shape index (κ3) is 5.47. The van der Waals surface area contributed by atoms with Gasteiger partial charge in [-0.2, -0.15) is 9.57 Å². The van der Waals surface area contributed by atoms with E-state index < -0.39 is 15.3 Å². The van der Waals surface area contributed by atoms with Gasteiger partial charge >= 0.3 is 0 Å². The van der Waals surface area contributed by atoms with Gasteiger partial charge in [-0.05, 0) is 43.3 Å². The van der Waals surface area contributed by atoms with Gasteiger partial charge in [-0.25, -0.2) is 8.42 Å².